The van der Waals surface area contributed by atoms with Crippen molar-refractivity contribution < 1.29 is 4.79 Å². The van der Waals surface area contributed by atoms with Gasteiger partial charge in [-0.05, 0) is 12.1 Å². The fraction of sp³-hybridized carbons (Fsp3) is 0.375. The minimum absolute atomic E-state index is 0.0583. The molecule has 0 spiro atoms. The molecule has 13 heavy (non-hydrogen) atoms. The highest BCUT2D eigenvalue weighted by molar-refractivity contribution is 7.16. The summed E-state index contributed by atoms with van der Waals surface area (Å²) in [6.45, 7) is 0. The Morgan fingerprint density at radius 3 is 2.92 bits per heavy atom. The van der Waals surface area contributed by atoms with Gasteiger partial charge in [-0.15, -0.1) is 11.3 Å². The number of rotatable bonds is 3. The first-order valence-corrected chi connectivity index (χ1v) is 5.04. The van der Waals surface area contributed by atoms with E-state index in [-0.39, 0.29) is 11.9 Å². The van der Waals surface area contributed by atoms with E-state index in [1.807, 2.05) is 6.07 Å². The highest BCUT2D eigenvalue weighted by Gasteiger charge is 2.12. The molecule has 1 aromatic heterocycles. The Balaban J connectivity index is 2.58. The molecule has 3 N–H and O–H groups in total. The zero-order valence-electron chi connectivity index (χ0n) is 7.21. The quantitative estimate of drug-likeness (QED) is 0.809. The lowest BCUT2D eigenvalue weighted by atomic mass is 10.2. The van der Waals surface area contributed by atoms with Crippen molar-refractivity contribution in [3.8, 4) is 0 Å². The van der Waals surface area contributed by atoms with Crippen molar-refractivity contribution in [1.29, 1.82) is 0 Å². The van der Waals surface area contributed by atoms with E-state index < -0.39 is 0 Å². The van der Waals surface area contributed by atoms with Gasteiger partial charge in [-0.1, -0.05) is 11.6 Å². The number of carbonyl (C=O) groups is 1. The van der Waals surface area contributed by atoms with Crippen LogP contribution in [0.5, 0.6) is 0 Å². The SMILES string of the molecule is CNC(=O)CC(N)c1ccc(Cl)s1. The largest absolute Gasteiger partial charge is 0.359 e. The van der Waals surface area contributed by atoms with Gasteiger partial charge < -0.3 is 11.1 Å². The normalized spacial score (nSPS) is 12.5. The van der Waals surface area contributed by atoms with Crippen molar-refractivity contribution in [1.82, 2.24) is 5.32 Å². The highest BCUT2D eigenvalue weighted by atomic mass is 35.5. The van der Waals surface area contributed by atoms with Crippen molar-refractivity contribution in [2.45, 2.75) is 12.5 Å². The molecule has 1 heterocycles. The molecule has 1 unspecified atom stereocenters. The lowest BCUT2D eigenvalue weighted by Crippen LogP contribution is -2.23. The summed E-state index contributed by atoms with van der Waals surface area (Å²) in [6, 6.07) is 3.38. The maximum absolute atomic E-state index is 11.0. The van der Waals surface area contributed by atoms with Crippen LogP contribution in [0.25, 0.3) is 0 Å². The number of hydrogen-bond donors (Lipinski definition) is 2. The number of amides is 1. The van der Waals surface area contributed by atoms with Gasteiger partial charge in [0, 0.05) is 24.4 Å². The summed E-state index contributed by atoms with van der Waals surface area (Å²) in [4.78, 5) is 11.9. The number of nitrogens with two attached hydrogens (primary N) is 1. The van der Waals surface area contributed by atoms with Crippen LogP contribution >= 0.6 is 22.9 Å². The predicted octanol–water partition coefficient (Wildman–Crippen LogP) is 1.54. The third-order valence-electron chi connectivity index (χ3n) is 1.64. The van der Waals surface area contributed by atoms with Crippen LogP contribution < -0.4 is 11.1 Å². The van der Waals surface area contributed by atoms with Crippen LogP contribution in [-0.4, -0.2) is 13.0 Å². The smallest absolute Gasteiger partial charge is 0.221 e. The summed E-state index contributed by atoms with van der Waals surface area (Å²) in [5.41, 5.74) is 5.78. The predicted molar refractivity (Wildman–Crippen MR) is 54.9 cm³/mol. The maximum atomic E-state index is 11.0. The third kappa shape index (κ3) is 2.99. The Bertz CT molecular complexity index is 300. The van der Waals surface area contributed by atoms with E-state index in [1.54, 1.807) is 13.1 Å². The summed E-state index contributed by atoms with van der Waals surface area (Å²) in [6.07, 6.45) is 0.299. The first-order valence-electron chi connectivity index (χ1n) is 3.85. The lowest BCUT2D eigenvalue weighted by molar-refractivity contribution is -0.120. The van der Waals surface area contributed by atoms with Gasteiger partial charge in [0.25, 0.3) is 0 Å². The van der Waals surface area contributed by atoms with Gasteiger partial charge in [0.15, 0.2) is 0 Å². The van der Waals surface area contributed by atoms with Crippen LogP contribution in [0.1, 0.15) is 17.3 Å². The zero-order valence-corrected chi connectivity index (χ0v) is 8.78. The number of carbonyl (C=O) groups excluding carboxylic acids is 1. The number of thiophene rings is 1. The van der Waals surface area contributed by atoms with Crippen LogP contribution in [0.3, 0.4) is 0 Å². The molecule has 0 aliphatic carbocycles. The van der Waals surface area contributed by atoms with Crippen molar-refractivity contribution >= 4 is 28.8 Å². The maximum Gasteiger partial charge on any atom is 0.221 e. The van der Waals surface area contributed by atoms with Gasteiger partial charge in [-0.2, -0.15) is 0 Å². The summed E-state index contributed by atoms with van der Waals surface area (Å²) >= 11 is 7.15. The van der Waals surface area contributed by atoms with Gasteiger partial charge in [0.1, 0.15) is 0 Å². The summed E-state index contributed by atoms with van der Waals surface area (Å²) in [7, 11) is 1.59. The van der Waals surface area contributed by atoms with Gasteiger partial charge in [0.2, 0.25) is 5.91 Å². The first-order chi connectivity index (χ1) is 6.13. The van der Waals surface area contributed by atoms with Crippen LogP contribution in [0.2, 0.25) is 4.34 Å². The second-order valence-electron chi connectivity index (χ2n) is 2.63. The van der Waals surface area contributed by atoms with Crippen LogP contribution in [0, 0.1) is 0 Å². The van der Waals surface area contributed by atoms with Crippen LogP contribution in [0.4, 0.5) is 0 Å². The molecule has 1 aromatic rings. The molecular formula is C8H11ClN2OS. The van der Waals surface area contributed by atoms with E-state index in [0.29, 0.717) is 10.8 Å². The Morgan fingerprint density at radius 1 is 1.77 bits per heavy atom. The molecule has 1 amide bonds. The summed E-state index contributed by atoms with van der Waals surface area (Å²) in [5, 5.41) is 2.53. The van der Waals surface area contributed by atoms with E-state index in [0.717, 1.165) is 4.88 Å². The molecule has 0 bridgehead atoms. The molecule has 1 rings (SSSR count). The number of halogens is 1. The van der Waals surface area contributed by atoms with Crippen molar-refractivity contribution in [2.75, 3.05) is 7.05 Å². The van der Waals surface area contributed by atoms with Gasteiger partial charge in [-0.25, -0.2) is 0 Å². The topological polar surface area (TPSA) is 55.1 Å². The van der Waals surface area contributed by atoms with E-state index in [2.05, 4.69) is 5.32 Å². The number of nitrogens with one attached hydrogen (secondary N) is 1. The second-order valence-corrected chi connectivity index (χ2v) is 4.37. The van der Waals surface area contributed by atoms with E-state index >= 15 is 0 Å². The first kappa shape index (κ1) is 10.5. The van der Waals surface area contributed by atoms with Crippen molar-refractivity contribution in [2.24, 2.45) is 5.73 Å². The molecule has 0 saturated heterocycles. The molecule has 72 valence electrons. The molecular weight excluding hydrogens is 208 g/mol. The van der Waals surface area contributed by atoms with E-state index in [1.165, 1.54) is 11.3 Å². The molecule has 3 nitrogen and oxygen atoms in total. The van der Waals surface area contributed by atoms with E-state index in [9.17, 15) is 4.79 Å². The monoisotopic (exact) mass is 218 g/mol. The Hall–Kier alpha value is -0.580. The Kier molecular flexibility index (Phi) is 3.71. The average Bonchev–Trinajstić information content (AvgIpc) is 2.51. The molecule has 0 aromatic carbocycles. The van der Waals surface area contributed by atoms with Gasteiger partial charge in [0.05, 0.1) is 4.34 Å². The minimum Gasteiger partial charge on any atom is -0.359 e. The Morgan fingerprint density at radius 2 is 2.46 bits per heavy atom. The second kappa shape index (κ2) is 4.60. The highest BCUT2D eigenvalue weighted by Crippen LogP contribution is 2.26. The molecule has 0 fully saturated rings. The van der Waals surface area contributed by atoms with Crippen LogP contribution in [-0.2, 0) is 4.79 Å². The molecule has 0 saturated carbocycles. The molecule has 1 atom stereocenters. The molecule has 0 aliphatic rings. The van der Waals surface area contributed by atoms with Crippen LogP contribution in [0.15, 0.2) is 12.1 Å². The summed E-state index contributed by atoms with van der Waals surface area (Å²) < 4.78 is 0.697. The standard InChI is InChI=1S/C8H11ClN2OS/c1-11-8(12)4-5(10)6-2-3-7(9)13-6/h2-3,5H,4,10H2,1H3,(H,11,12). The van der Waals surface area contributed by atoms with Crippen molar-refractivity contribution in [3.05, 3.63) is 21.3 Å². The van der Waals surface area contributed by atoms with E-state index in [4.69, 9.17) is 17.3 Å². The van der Waals surface area contributed by atoms with Gasteiger partial charge >= 0.3 is 0 Å². The van der Waals surface area contributed by atoms with Crippen molar-refractivity contribution in [3.63, 3.8) is 0 Å². The third-order valence-corrected chi connectivity index (χ3v) is 3.01. The number of hydrogen-bond acceptors (Lipinski definition) is 3. The summed E-state index contributed by atoms with van der Waals surface area (Å²) in [5.74, 6) is -0.0583. The zero-order chi connectivity index (χ0) is 9.84. The Labute approximate surface area is 85.9 Å². The fourth-order valence-corrected chi connectivity index (χ4v) is 1.99. The van der Waals surface area contributed by atoms with Gasteiger partial charge in [-0.3, -0.25) is 4.79 Å². The lowest BCUT2D eigenvalue weighted by Gasteiger charge is -2.07. The molecule has 0 radical (unpaired) electrons. The fourth-order valence-electron chi connectivity index (χ4n) is 0.930. The average molecular weight is 219 g/mol. The molecule has 5 heteroatoms. The molecule has 0 aliphatic heterocycles. The minimum atomic E-state index is -0.252.